The molecule has 6 heteroatoms. The quantitative estimate of drug-likeness (QED) is 0.666. The number of rotatable bonds is 5. The van der Waals surface area contributed by atoms with Crippen molar-refractivity contribution in [2.45, 2.75) is 44.6 Å². The van der Waals surface area contributed by atoms with Crippen LogP contribution in [0.4, 0.5) is 0 Å². The monoisotopic (exact) mass is 327 g/mol. The molecule has 3 rings (SSSR count). The fourth-order valence-corrected chi connectivity index (χ4v) is 3.79. The molecule has 0 atom stereocenters. The van der Waals surface area contributed by atoms with E-state index in [0.717, 1.165) is 22.4 Å². The molecule has 5 nitrogen and oxygen atoms in total. The first-order valence-electron chi connectivity index (χ1n) is 7.68. The van der Waals surface area contributed by atoms with E-state index >= 15 is 0 Å². The number of aryl methyl sites for hydroxylation is 2. The van der Waals surface area contributed by atoms with Crippen LogP contribution < -0.4 is 0 Å². The SMILES string of the molecule is Cc1cc(-n2ccnc2)ccc1CSc1nnc(C)n1C(C)C. The van der Waals surface area contributed by atoms with Crippen LogP contribution in [-0.2, 0) is 5.75 Å². The Morgan fingerprint density at radius 2 is 2.00 bits per heavy atom. The van der Waals surface area contributed by atoms with Crippen molar-refractivity contribution < 1.29 is 0 Å². The Morgan fingerprint density at radius 1 is 1.17 bits per heavy atom. The molecule has 0 aliphatic rings. The van der Waals surface area contributed by atoms with E-state index in [1.165, 1.54) is 11.1 Å². The van der Waals surface area contributed by atoms with Crippen LogP contribution in [0, 0.1) is 13.8 Å². The largest absolute Gasteiger partial charge is 0.306 e. The maximum absolute atomic E-state index is 4.30. The number of hydrogen-bond acceptors (Lipinski definition) is 4. The van der Waals surface area contributed by atoms with Crippen LogP contribution in [0.15, 0.2) is 42.1 Å². The first-order valence-corrected chi connectivity index (χ1v) is 8.67. The lowest BCUT2D eigenvalue weighted by Crippen LogP contribution is -2.05. The third kappa shape index (κ3) is 3.32. The average Bonchev–Trinajstić information content (AvgIpc) is 3.15. The fraction of sp³-hybridized carbons (Fsp3) is 0.353. The van der Waals surface area contributed by atoms with E-state index in [4.69, 9.17) is 0 Å². The first-order chi connectivity index (χ1) is 11.1. The molecule has 2 heterocycles. The number of aromatic nitrogens is 5. The molecule has 3 aromatic rings. The van der Waals surface area contributed by atoms with E-state index in [1.807, 2.05) is 24.0 Å². The Bertz CT molecular complexity index is 789. The second-order valence-corrected chi connectivity index (χ2v) is 6.81. The summed E-state index contributed by atoms with van der Waals surface area (Å²) in [6, 6.07) is 6.87. The normalized spacial score (nSPS) is 11.3. The van der Waals surface area contributed by atoms with Gasteiger partial charge in [0.25, 0.3) is 0 Å². The summed E-state index contributed by atoms with van der Waals surface area (Å²) in [7, 11) is 0. The van der Waals surface area contributed by atoms with E-state index in [0.29, 0.717) is 6.04 Å². The van der Waals surface area contributed by atoms with Crippen molar-refractivity contribution in [2.75, 3.05) is 0 Å². The minimum Gasteiger partial charge on any atom is -0.306 e. The standard InChI is InChI=1S/C17H21N5S/c1-12(2)22-14(4)19-20-17(22)23-10-15-5-6-16(9-13(15)3)21-8-7-18-11-21/h5-9,11-12H,10H2,1-4H3. The van der Waals surface area contributed by atoms with Gasteiger partial charge < -0.3 is 9.13 Å². The van der Waals surface area contributed by atoms with Gasteiger partial charge in [-0.05, 0) is 51.0 Å². The summed E-state index contributed by atoms with van der Waals surface area (Å²) in [6.45, 7) is 8.47. The van der Waals surface area contributed by atoms with Gasteiger partial charge in [0.15, 0.2) is 5.16 Å². The minimum absolute atomic E-state index is 0.372. The third-order valence-corrected chi connectivity index (χ3v) is 4.83. The summed E-state index contributed by atoms with van der Waals surface area (Å²) >= 11 is 1.74. The third-order valence-electron chi connectivity index (χ3n) is 3.84. The predicted molar refractivity (Wildman–Crippen MR) is 93.0 cm³/mol. The summed E-state index contributed by atoms with van der Waals surface area (Å²) < 4.78 is 4.20. The van der Waals surface area contributed by atoms with E-state index in [9.17, 15) is 0 Å². The second-order valence-electron chi connectivity index (χ2n) is 5.86. The Morgan fingerprint density at radius 3 is 2.65 bits per heavy atom. The van der Waals surface area contributed by atoms with Gasteiger partial charge in [0.2, 0.25) is 0 Å². The Balaban J connectivity index is 1.77. The second kappa shape index (κ2) is 6.58. The molecule has 0 radical (unpaired) electrons. The highest BCUT2D eigenvalue weighted by atomic mass is 32.2. The van der Waals surface area contributed by atoms with Crippen LogP contribution in [0.3, 0.4) is 0 Å². The molecule has 0 amide bonds. The Hall–Kier alpha value is -2.08. The average molecular weight is 327 g/mol. The van der Waals surface area contributed by atoms with E-state index in [1.54, 1.807) is 18.0 Å². The van der Waals surface area contributed by atoms with Crippen LogP contribution in [0.25, 0.3) is 5.69 Å². The van der Waals surface area contributed by atoms with E-state index < -0.39 is 0 Å². The van der Waals surface area contributed by atoms with Crippen molar-refractivity contribution in [1.29, 1.82) is 0 Å². The topological polar surface area (TPSA) is 48.5 Å². The van der Waals surface area contributed by atoms with Crippen molar-refractivity contribution >= 4 is 11.8 Å². The maximum atomic E-state index is 4.30. The summed E-state index contributed by atoms with van der Waals surface area (Å²) in [5, 5.41) is 9.49. The van der Waals surface area contributed by atoms with E-state index in [2.05, 4.69) is 58.7 Å². The van der Waals surface area contributed by atoms with Crippen molar-refractivity contribution in [3.63, 3.8) is 0 Å². The summed E-state index contributed by atoms with van der Waals surface area (Å²) in [5.41, 5.74) is 3.72. The van der Waals surface area contributed by atoms with Crippen molar-refractivity contribution in [3.8, 4) is 5.69 Å². The molecular formula is C17H21N5S. The lowest BCUT2D eigenvalue weighted by atomic mass is 10.1. The smallest absolute Gasteiger partial charge is 0.191 e. The van der Waals surface area contributed by atoms with Gasteiger partial charge in [0.05, 0.1) is 6.33 Å². The maximum Gasteiger partial charge on any atom is 0.191 e. The summed E-state index contributed by atoms with van der Waals surface area (Å²) in [6.07, 6.45) is 5.56. The first kappa shape index (κ1) is 15.8. The molecule has 0 bridgehead atoms. The molecule has 0 saturated carbocycles. The van der Waals surface area contributed by atoms with Gasteiger partial charge in [-0.25, -0.2) is 4.98 Å². The lowest BCUT2D eigenvalue weighted by molar-refractivity contribution is 0.536. The van der Waals surface area contributed by atoms with Crippen LogP contribution in [0.5, 0.6) is 0 Å². The molecule has 0 aliphatic heterocycles. The summed E-state index contributed by atoms with van der Waals surface area (Å²) in [5.74, 6) is 1.86. The number of nitrogens with zero attached hydrogens (tertiary/aromatic N) is 5. The highest BCUT2D eigenvalue weighted by Gasteiger charge is 2.12. The van der Waals surface area contributed by atoms with Crippen molar-refractivity contribution in [3.05, 3.63) is 53.9 Å². The molecule has 120 valence electrons. The molecule has 0 unspecified atom stereocenters. The minimum atomic E-state index is 0.372. The predicted octanol–water partition coefficient (Wildman–Crippen LogP) is 3.95. The Labute approximate surface area is 140 Å². The van der Waals surface area contributed by atoms with Gasteiger partial charge in [0.1, 0.15) is 5.82 Å². The number of imidazole rings is 1. The van der Waals surface area contributed by atoms with Gasteiger partial charge in [-0.1, -0.05) is 17.8 Å². The molecule has 0 saturated heterocycles. The van der Waals surface area contributed by atoms with Crippen LogP contribution in [-0.4, -0.2) is 24.3 Å². The molecule has 0 spiro atoms. The number of benzene rings is 1. The van der Waals surface area contributed by atoms with Crippen LogP contribution in [0.2, 0.25) is 0 Å². The summed E-state index contributed by atoms with van der Waals surface area (Å²) in [4.78, 5) is 4.10. The number of thioether (sulfide) groups is 1. The zero-order chi connectivity index (χ0) is 16.4. The van der Waals surface area contributed by atoms with Gasteiger partial charge in [-0.2, -0.15) is 0 Å². The highest BCUT2D eigenvalue weighted by molar-refractivity contribution is 7.98. The zero-order valence-electron chi connectivity index (χ0n) is 13.9. The molecule has 0 aliphatic carbocycles. The molecule has 0 N–H and O–H groups in total. The molecule has 23 heavy (non-hydrogen) atoms. The van der Waals surface area contributed by atoms with Gasteiger partial charge in [-0.15, -0.1) is 10.2 Å². The zero-order valence-corrected chi connectivity index (χ0v) is 14.7. The van der Waals surface area contributed by atoms with Crippen molar-refractivity contribution in [1.82, 2.24) is 24.3 Å². The van der Waals surface area contributed by atoms with Crippen LogP contribution >= 0.6 is 11.8 Å². The fourth-order valence-electron chi connectivity index (χ4n) is 2.60. The molecule has 1 aromatic carbocycles. The van der Waals surface area contributed by atoms with E-state index in [-0.39, 0.29) is 0 Å². The molecular weight excluding hydrogens is 306 g/mol. The van der Waals surface area contributed by atoms with Gasteiger partial charge >= 0.3 is 0 Å². The van der Waals surface area contributed by atoms with Gasteiger partial charge in [0, 0.05) is 29.9 Å². The Kier molecular flexibility index (Phi) is 4.52. The number of hydrogen-bond donors (Lipinski definition) is 0. The van der Waals surface area contributed by atoms with Crippen LogP contribution in [0.1, 0.15) is 36.8 Å². The van der Waals surface area contributed by atoms with Crippen molar-refractivity contribution in [2.24, 2.45) is 0 Å². The molecule has 0 fully saturated rings. The van der Waals surface area contributed by atoms with Gasteiger partial charge in [-0.3, -0.25) is 0 Å². The lowest BCUT2D eigenvalue weighted by Gasteiger charge is -2.13. The highest BCUT2D eigenvalue weighted by Crippen LogP contribution is 2.26. The molecule has 2 aromatic heterocycles.